The Labute approximate surface area is 138 Å². The Morgan fingerprint density at radius 1 is 1.09 bits per heavy atom. The lowest BCUT2D eigenvalue weighted by atomic mass is 10.0. The third-order valence-corrected chi connectivity index (χ3v) is 3.84. The van der Waals surface area contributed by atoms with Crippen LogP contribution in [0.25, 0.3) is 11.3 Å². The number of rotatable bonds is 5. The van der Waals surface area contributed by atoms with E-state index in [0.29, 0.717) is 12.1 Å². The van der Waals surface area contributed by atoms with E-state index < -0.39 is 0 Å². The average molecular weight is 311 g/mol. The minimum Gasteiger partial charge on any atom is -0.334 e. The van der Waals surface area contributed by atoms with Crippen LogP contribution in [0, 0.1) is 0 Å². The quantitative estimate of drug-likeness (QED) is 0.920. The first-order chi connectivity index (χ1) is 11.0. The fraction of sp³-hybridized carbons (Fsp3) is 0.368. The van der Waals surface area contributed by atoms with E-state index in [1.807, 2.05) is 69.0 Å². The molecule has 1 aromatic carbocycles. The van der Waals surface area contributed by atoms with E-state index in [0.717, 1.165) is 16.8 Å². The van der Waals surface area contributed by atoms with E-state index >= 15 is 0 Å². The van der Waals surface area contributed by atoms with Gasteiger partial charge in [-0.1, -0.05) is 24.3 Å². The number of benzene rings is 1. The Hall–Kier alpha value is -2.20. The summed E-state index contributed by atoms with van der Waals surface area (Å²) in [7, 11) is 0. The van der Waals surface area contributed by atoms with Crippen molar-refractivity contribution in [1.29, 1.82) is 0 Å². The average Bonchev–Trinajstić information content (AvgIpc) is 2.54. The minimum absolute atomic E-state index is 0.0373. The standard InChI is InChI=1S/C19H25N3O/c1-13(2)22(14(3)4)19(23)17-8-6-5-7-16(17)18-10-9-15(11-20)12-21-18/h5-10,12-14H,11,20H2,1-4H3. The molecule has 0 aliphatic carbocycles. The van der Waals surface area contributed by atoms with Gasteiger partial charge in [-0.15, -0.1) is 0 Å². The van der Waals surface area contributed by atoms with Gasteiger partial charge in [0.25, 0.3) is 5.91 Å². The van der Waals surface area contributed by atoms with Crippen molar-refractivity contribution in [3.8, 4) is 11.3 Å². The molecule has 2 N–H and O–H groups in total. The summed E-state index contributed by atoms with van der Waals surface area (Å²) in [5, 5.41) is 0. The summed E-state index contributed by atoms with van der Waals surface area (Å²) in [5.74, 6) is 0.0373. The molecule has 2 aromatic rings. The lowest BCUT2D eigenvalue weighted by Gasteiger charge is -2.31. The third-order valence-electron chi connectivity index (χ3n) is 3.84. The molecule has 0 bridgehead atoms. The molecule has 122 valence electrons. The summed E-state index contributed by atoms with van der Waals surface area (Å²) in [5.41, 5.74) is 8.93. The van der Waals surface area contributed by atoms with E-state index in [4.69, 9.17) is 5.73 Å². The molecule has 4 heteroatoms. The van der Waals surface area contributed by atoms with E-state index in [-0.39, 0.29) is 18.0 Å². The lowest BCUT2D eigenvalue weighted by molar-refractivity contribution is 0.0644. The van der Waals surface area contributed by atoms with Gasteiger partial charge < -0.3 is 10.6 Å². The van der Waals surface area contributed by atoms with E-state index in [1.54, 1.807) is 6.20 Å². The van der Waals surface area contributed by atoms with Crippen molar-refractivity contribution < 1.29 is 4.79 Å². The van der Waals surface area contributed by atoms with Crippen LogP contribution in [0.15, 0.2) is 42.6 Å². The maximum atomic E-state index is 13.0. The molecule has 0 saturated carbocycles. The van der Waals surface area contributed by atoms with E-state index in [2.05, 4.69) is 4.98 Å². The first-order valence-electron chi connectivity index (χ1n) is 8.02. The van der Waals surface area contributed by atoms with Gasteiger partial charge in [0, 0.05) is 36.0 Å². The molecule has 0 aliphatic rings. The number of pyridine rings is 1. The van der Waals surface area contributed by atoms with E-state index in [9.17, 15) is 4.79 Å². The van der Waals surface area contributed by atoms with Crippen LogP contribution in [0.4, 0.5) is 0 Å². The Morgan fingerprint density at radius 2 is 1.74 bits per heavy atom. The van der Waals surface area contributed by atoms with Gasteiger partial charge >= 0.3 is 0 Å². The number of amides is 1. The highest BCUT2D eigenvalue weighted by Crippen LogP contribution is 2.24. The highest BCUT2D eigenvalue weighted by atomic mass is 16.2. The van der Waals surface area contributed by atoms with Crippen molar-refractivity contribution in [2.75, 3.05) is 0 Å². The second-order valence-electron chi connectivity index (χ2n) is 6.20. The predicted octanol–water partition coefficient (Wildman–Crippen LogP) is 3.47. The van der Waals surface area contributed by atoms with Crippen molar-refractivity contribution >= 4 is 5.91 Å². The summed E-state index contributed by atoms with van der Waals surface area (Å²) < 4.78 is 0. The summed E-state index contributed by atoms with van der Waals surface area (Å²) >= 11 is 0. The summed E-state index contributed by atoms with van der Waals surface area (Å²) in [6.45, 7) is 8.61. The van der Waals surface area contributed by atoms with Crippen LogP contribution in [0.3, 0.4) is 0 Å². The molecule has 0 aliphatic heterocycles. The fourth-order valence-corrected chi connectivity index (χ4v) is 2.80. The van der Waals surface area contributed by atoms with Gasteiger partial charge in [-0.3, -0.25) is 9.78 Å². The van der Waals surface area contributed by atoms with Crippen LogP contribution in [-0.2, 0) is 6.54 Å². The summed E-state index contributed by atoms with van der Waals surface area (Å²) in [6.07, 6.45) is 1.76. The number of carbonyl (C=O) groups excluding carboxylic acids is 1. The number of hydrogen-bond acceptors (Lipinski definition) is 3. The first-order valence-corrected chi connectivity index (χ1v) is 8.02. The molecular weight excluding hydrogens is 286 g/mol. The van der Waals surface area contributed by atoms with Crippen LogP contribution >= 0.6 is 0 Å². The van der Waals surface area contributed by atoms with Crippen LogP contribution < -0.4 is 5.73 Å². The number of aromatic nitrogens is 1. The Balaban J connectivity index is 2.46. The second kappa shape index (κ2) is 7.38. The van der Waals surface area contributed by atoms with Gasteiger partial charge in [-0.05, 0) is 45.4 Å². The van der Waals surface area contributed by atoms with Gasteiger partial charge in [0.1, 0.15) is 0 Å². The normalized spacial score (nSPS) is 11.1. The molecule has 1 amide bonds. The van der Waals surface area contributed by atoms with Crippen molar-refractivity contribution in [2.45, 2.75) is 46.3 Å². The first kappa shape index (κ1) is 17.2. The third kappa shape index (κ3) is 3.77. The summed E-state index contributed by atoms with van der Waals surface area (Å²) in [6, 6.07) is 11.8. The molecule has 4 nitrogen and oxygen atoms in total. The number of nitrogens with two attached hydrogens (primary N) is 1. The van der Waals surface area contributed by atoms with Crippen molar-refractivity contribution in [2.24, 2.45) is 5.73 Å². The molecule has 0 unspecified atom stereocenters. The SMILES string of the molecule is CC(C)N(C(=O)c1ccccc1-c1ccc(CN)cn1)C(C)C. The monoisotopic (exact) mass is 311 g/mol. The van der Waals surface area contributed by atoms with Crippen LogP contribution in [0.1, 0.15) is 43.6 Å². The second-order valence-corrected chi connectivity index (χ2v) is 6.20. The molecule has 1 heterocycles. The highest BCUT2D eigenvalue weighted by Gasteiger charge is 2.24. The molecule has 0 atom stereocenters. The Morgan fingerprint density at radius 3 is 2.26 bits per heavy atom. The molecule has 23 heavy (non-hydrogen) atoms. The van der Waals surface area contributed by atoms with E-state index in [1.165, 1.54) is 0 Å². The van der Waals surface area contributed by atoms with Crippen molar-refractivity contribution in [3.63, 3.8) is 0 Å². The number of nitrogens with zero attached hydrogens (tertiary/aromatic N) is 2. The van der Waals surface area contributed by atoms with Crippen LogP contribution in [0.5, 0.6) is 0 Å². The Bertz CT molecular complexity index is 655. The molecule has 0 saturated heterocycles. The molecule has 0 radical (unpaired) electrons. The predicted molar refractivity (Wildman–Crippen MR) is 94.0 cm³/mol. The number of carbonyl (C=O) groups is 1. The van der Waals surface area contributed by atoms with Crippen LogP contribution in [-0.4, -0.2) is 27.9 Å². The molecule has 0 fully saturated rings. The van der Waals surface area contributed by atoms with Gasteiger partial charge in [0.15, 0.2) is 0 Å². The molecular formula is C19H25N3O. The molecule has 1 aromatic heterocycles. The molecule has 0 spiro atoms. The topological polar surface area (TPSA) is 59.2 Å². The lowest BCUT2D eigenvalue weighted by Crippen LogP contribution is -2.42. The van der Waals surface area contributed by atoms with Crippen molar-refractivity contribution in [3.05, 3.63) is 53.7 Å². The maximum absolute atomic E-state index is 13.0. The maximum Gasteiger partial charge on any atom is 0.255 e. The number of hydrogen-bond donors (Lipinski definition) is 1. The van der Waals surface area contributed by atoms with Crippen molar-refractivity contribution in [1.82, 2.24) is 9.88 Å². The summed E-state index contributed by atoms with van der Waals surface area (Å²) in [4.78, 5) is 19.4. The highest BCUT2D eigenvalue weighted by molar-refractivity contribution is 6.00. The van der Waals surface area contributed by atoms with Crippen LogP contribution in [0.2, 0.25) is 0 Å². The fourth-order valence-electron chi connectivity index (χ4n) is 2.80. The van der Waals surface area contributed by atoms with Gasteiger partial charge in [0.2, 0.25) is 0 Å². The largest absolute Gasteiger partial charge is 0.334 e. The van der Waals surface area contributed by atoms with Gasteiger partial charge in [0.05, 0.1) is 5.69 Å². The van der Waals surface area contributed by atoms with Gasteiger partial charge in [-0.25, -0.2) is 0 Å². The minimum atomic E-state index is 0.0373. The smallest absolute Gasteiger partial charge is 0.255 e. The zero-order chi connectivity index (χ0) is 17.0. The zero-order valence-corrected chi connectivity index (χ0v) is 14.3. The Kier molecular flexibility index (Phi) is 5.50. The molecule has 2 rings (SSSR count). The van der Waals surface area contributed by atoms with Gasteiger partial charge in [-0.2, -0.15) is 0 Å². The zero-order valence-electron chi connectivity index (χ0n) is 14.3.